The van der Waals surface area contributed by atoms with Gasteiger partial charge in [0.2, 0.25) is 17.6 Å². The van der Waals surface area contributed by atoms with E-state index in [0.717, 1.165) is 25.7 Å². The van der Waals surface area contributed by atoms with Crippen molar-refractivity contribution in [2.75, 3.05) is 6.54 Å². The van der Waals surface area contributed by atoms with Crippen molar-refractivity contribution in [1.29, 1.82) is 0 Å². The fraction of sp³-hybridized carbons (Fsp3) is 0.815. The first-order valence-corrected chi connectivity index (χ1v) is 13.8. The van der Waals surface area contributed by atoms with Crippen LogP contribution in [0.5, 0.6) is 0 Å². The van der Waals surface area contributed by atoms with Gasteiger partial charge in [-0.1, -0.05) is 39.0 Å². The number of nitrogens with one attached hydrogen (secondary N) is 2. The minimum atomic E-state index is -1.09. The Bertz CT molecular complexity index is 871. The molecule has 3 aliphatic rings. The number of hydrogen-bond acceptors (Lipinski definition) is 6. The van der Waals surface area contributed by atoms with Crippen LogP contribution < -0.4 is 16.4 Å². The molecule has 1 heterocycles. The number of fused-ring (bicyclic) bond motifs is 1. The third-order valence-electron chi connectivity index (χ3n) is 7.98. The van der Waals surface area contributed by atoms with E-state index in [1.165, 1.54) is 17.7 Å². The van der Waals surface area contributed by atoms with Crippen molar-refractivity contribution in [2.45, 2.75) is 116 Å². The van der Waals surface area contributed by atoms with Crippen molar-refractivity contribution in [3.8, 4) is 0 Å². The van der Waals surface area contributed by atoms with Gasteiger partial charge in [0.1, 0.15) is 17.7 Å². The van der Waals surface area contributed by atoms with Gasteiger partial charge < -0.3 is 26.0 Å². The molecule has 0 spiro atoms. The average Bonchev–Trinajstić information content (AvgIpc) is 3.47. The minimum Gasteiger partial charge on any atom is -0.444 e. The second kappa shape index (κ2) is 12.3. The number of alkyl carbamates (subject to hydrolysis) is 1. The van der Waals surface area contributed by atoms with Crippen LogP contribution in [0.1, 0.15) is 91.9 Å². The van der Waals surface area contributed by atoms with Crippen LogP contribution in [0, 0.1) is 17.8 Å². The zero-order chi connectivity index (χ0) is 27.3. The third-order valence-corrected chi connectivity index (χ3v) is 7.98. The lowest BCUT2D eigenvalue weighted by molar-refractivity contribution is -0.143. The zero-order valence-corrected chi connectivity index (χ0v) is 22.7. The van der Waals surface area contributed by atoms with Gasteiger partial charge in [0.25, 0.3) is 5.91 Å². The topological polar surface area (TPSA) is 148 Å². The molecule has 10 heteroatoms. The van der Waals surface area contributed by atoms with Crippen molar-refractivity contribution in [1.82, 2.24) is 15.5 Å². The highest BCUT2D eigenvalue weighted by molar-refractivity contribution is 6.37. The van der Waals surface area contributed by atoms with Gasteiger partial charge in [-0.15, -0.1) is 0 Å². The van der Waals surface area contributed by atoms with Gasteiger partial charge in [-0.25, -0.2) is 4.79 Å². The first kappa shape index (κ1) is 28.9. The number of primary amides is 1. The summed E-state index contributed by atoms with van der Waals surface area (Å²) in [6.45, 7) is 7.54. The molecule has 0 aromatic carbocycles. The molecule has 10 nitrogen and oxygen atoms in total. The van der Waals surface area contributed by atoms with Crippen molar-refractivity contribution >= 4 is 29.6 Å². The van der Waals surface area contributed by atoms with Crippen LogP contribution in [0.25, 0.3) is 0 Å². The number of nitrogens with two attached hydrogens (primary N) is 1. The fourth-order valence-electron chi connectivity index (χ4n) is 6.35. The molecule has 37 heavy (non-hydrogen) atoms. The van der Waals surface area contributed by atoms with Crippen molar-refractivity contribution < 1.29 is 28.7 Å². The first-order valence-electron chi connectivity index (χ1n) is 13.8. The second-order valence-electron chi connectivity index (χ2n) is 11.9. The van der Waals surface area contributed by atoms with Crippen LogP contribution >= 0.6 is 0 Å². The van der Waals surface area contributed by atoms with Crippen molar-refractivity contribution in [3.63, 3.8) is 0 Å². The monoisotopic (exact) mass is 520 g/mol. The zero-order valence-electron chi connectivity index (χ0n) is 22.7. The lowest BCUT2D eigenvalue weighted by atomic mass is 9.82. The number of likely N-dealkylation sites (tertiary alicyclic amines) is 1. The number of hydrogen-bond donors (Lipinski definition) is 3. The molecule has 1 aliphatic heterocycles. The number of nitrogens with zero attached hydrogens (tertiary/aromatic N) is 1. The highest BCUT2D eigenvalue weighted by Gasteiger charge is 2.46. The molecule has 5 atom stereocenters. The predicted molar refractivity (Wildman–Crippen MR) is 137 cm³/mol. The number of carbonyl (C=O) groups excluding carboxylic acids is 5. The van der Waals surface area contributed by atoms with Crippen molar-refractivity contribution in [2.24, 2.45) is 23.5 Å². The Hall–Kier alpha value is -2.65. The summed E-state index contributed by atoms with van der Waals surface area (Å²) in [6.07, 6.45) is 7.71. The number of ether oxygens (including phenoxy) is 1. The largest absolute Gasteiger partial charge is 0.444 e. The molecule has 3 fully saturated rings. The molecule has 2 aliphatic carbocycles. The second-order valence-corrected chi connectivity index (χ2v) is 11.9. The smallest absolute Gasteiger partial charge is 0.408 e. The van der Waals surface area contributed by atoms with E-state index in [-0.39, 0.29) is 18.2 Å². The number of rotatable bonds is 9. The molecule has 2 saturated carbocycles. The van der Waals surface area contributed by atoms with Crippen LogP contribution in [0.2, 0.25) is 0 Å². The SMILES string of the molecule is CCCC(NC(=O)[C@@H]1CCCN1C(=O)[C@@H](NC(=O)OC(C)(C)C)C1CC2CCCCC2C1)C(=O)C(N)=O. The summed E-state index contributed by atoms with van der Waals surface area (Å²) in [7, 11) is 0. The van der Waals surface area contributed by atoms with Crippen LogP contribution in [-0.4, -0.2) is 64.8 Å². The van der Waals surface area contributed by atoms with Gasteiger partial charge in [-0.2, -0.15) is 0 Å². The van der Waals surface area contributed by atoms with Gasteiger partial charge in [0.05, 0.1) is 6.04 Å². The molecule has 0 bridgehead atoms. The Labute approximate surface area is 219 Å². The molecule has 0 aromatic heterocycles. The van der Waals surface area contributed by atoms with E-state index in [9.17, 15) is 24.0 Å². The Morgan fingerprint density at radius 1 is 0.973 bits per heavy atom. The molecule has 208 valence electrons. The fourth-order valence-corrected chi connectivity index (χ4v) is 6.35. The van der Waals surface area contributed by atoms with E-state index >= 15 is 0 Å². The number of carbonyl (C=O) groups is 5. The molecule has 0 aromatic rings. The van der Waals surface area contributed by atoms with E-state index in [2.05, 4.69) is 10.6 Å². The summed E-state index contributed by atoms with van der Waals surface area (Å²) in [5, 5.41) is 5.51. The Balaban J connectivity index is 1.77. The highest BCUT2D eigenvalue weighted by Crippen LogP contribution is 2.46. The number of ketones is 1. The summed E-state index contributed by atoms with van der Waals surface area (Å²) in [4.78, 5) is 65.1. The standard InChI is InChI=1S/C27H44N4O6/c1-5-9-19(22(32)23(28)33)29-24(34)20-12-8-13-31(20)25(35)21(30-26(36)37-27(2,3)4)18-14-16-10-6-7-11-17(16)15-18/h16-21H,5-15H2,1-4H3,(H2,28,33)(H,29,34)(H,30,36)/t16?,17?,18?,19?,20-,21-/m0/s1. The van der Waals surface area contributed by atoms with E-state index in [1.54, 1.807) is 20.8 Å². The lowest BCUT2D eigenvalue weighted by Crippen LogP contribution is -2.57. The van der Waals surface area contributed by atoms with E-state index in [0.29, 0.717) is 37.6 Å². The summed E-state index contributed by atoms with van der Waals surface area (Å²) in [5.74, 6) is -1.62. The highest BCUT2D eigenvalue weighted by atomic mass is 16.6. The summed E-state index contributed by atoms with van der Waals surface area (Å²) in [6, 6.07) is -2.58. The van der Waals surface area contributed by atoms with Crippen LogP contribution in [-0.2, 0) is 23.9 Å². The average molecular weight is 521 g/mol. The van der Waals surface area contributed by atoms with Crippen molar-refractivity contribution in [3.05, 3.63) is 0 Å². The number of Topliss-reactive ketones (excluding diaryl/α,β-unsaturated/α-hetero) is 1. The maximum Gasteiger partial charge on any atom is 0.408 e. The molecule has 1 saturated heterocycles. The normalized spacial score (nSPS) is 27.1. The van der Waals surface area contributed by atoms with E-state index in [1.807, 2.05) is 6.92 Å². The van der Waals surface area contributed by atoms with Crippen LogP contribution in [0.4, 0.5) is 4.79 Å². The molecular weight excluding hydrogens is 476 g/mol. The molecule has 4 amide bonds. The lowest BCUT2D eigenvalue weighted by Gasteiger charge is -2.32. The Morgan fingerprint density at radius 2 is 1.59 bits per heavy atom. The summed E-state index contributed by atoms with van der Waals surface area (Å²) in [5.41, 5.74) is 4.46. The van der Waals surface area contributed by atoms with Gasteiger partial charge in [0.15, 0.2) is 0 Å². The summed E-state index contributed by atoms with van der Waals surface area (Å²) < 4.78 is 5.48. The first-order chi connectivity index (χ1) is 17.4. The summed E-state index contributed by atoms with van der Waals surface area (Å²) >= 11 is 0. The van der Waals surface area contributed by atoms with Gasteiger partial charge in [-0.05, 0) is 70.6 Å². The van der Waals surface area contributed by atoms with Gasteiger partial charge in [0, 0.05) is 6.54 Å². The molecule has 3 rings (SSSR count). The Morgan fingerprint density at radius 3 is 2.14 bits per heavy atom. The third kappa shape index (κ3) is 7.45. The van der Waals surface area contributed by atoms with Gasteiger partial charge in [-0.3, -0.25) is 19.2 Å². The maximum atomic E-state index is 13.9. The predicted octanol–water partition coefficient (Wildman–Crippen LogP) is 2.43. The number of amides is 4. The molecule has 0 radical (unpaired) electrons. The minimum absolute atomic E-state index is 0.0262. The van der Waals surface area contributed by atoms with E-state index in [4.69, 9.17) is 10.5 Å². The van der Waals surface area contributed by atoms with Crippen LogP contribution in [0.15, 0.2) is 0 Å². The molecular formula is C27H44N4O6. The molecule has 3 unspecified atom stereocenters. The Kier molecular flexibility index (Phi) is 9.58. The van der Waals surface area contributed by atoms with Crippen LogP contribution in [0.3, 0.4) is 0 Å². The van der Waals surface area contributed by atoms with Gasteiger partial charge >= 0.3 is 6.09 Å². The van der Waals surface area contributed by atoms with E-state index < -0.39 is 47.4 Å². The quantitative estimate of drug-likeness (QED) is 0.398. The maximum absolute atomic E-state index is 13.9. The molecule has 4 N–H and O–H groups in total.